The number of carboxylic acid groups (broad SMARTS) is 1. The third-order valence-electron chi connectivity index (χ3n) is 4.23. The Bertz CT molecular complexity index is 1120. The first kappa shape index (κ1) is 19.7. The number of benzene rings is 2. The van der Waals surface area contributed by atoms with E-state index in [2.05, 4.69) is 42.0 Å². The second kappa shape index (κ2) is 7.17. The molecule has 0 atom stereocenters. The maximum atomic E-state index is 13.0. The lowest BCUT2D eigenvalue weighted by Gasteiger charge is -2.21. The second-order valence-corrected chi connectivity index (χ2v) is 8.91. The van der Waals surface area contributed by atoms with Crippen molar-refractivity contribution in [3.63, 3.8) is 0 Å². The van der Waals surface area contributed by atoms with Crippen LogP contribution in [0, 0.1) is 5.41 Å². The fraction of sp³-hybridized carbons (Fsp3) is 0.300. The van der Waals surface area contributed by atoms with Crippen LogP contribution in [0.4, 0.5) is 5.69 Å². The van der Waals surface area contributed by atoms with Crippen molar-refractivity contribution in [3.8, 4) is 0 Å². The van der Waals surface area contributed by atoms with Gasteiger partial charge in [-0.05, 0) is 51.7 Å². The Morgan fingerprint density at radius 1 is 1.22 bits per heavy atom. The normalized spacial score (nSPS) is 11.9. The summed E-state index contributed by atoms with van der Waals surface area (Å²) in [6.07, 6.45) is 0. The molecule has 0 radical (unpaired) electrons. The van der Waals surface area contributed by atoms with Gasteiger partial charge in [-0.25, -0.2) is 0 Å². The lowest BCUT2D eigenvalue weighted by Crippen LogP contribution is -2.20. The summed E-state index contributed by atoms with van der Waals surface area (Å²) < 4.78 is 2.13. The van der Waals surface area contributed by atoms with Gasteiger partial charge in [0.25, 0.3) is 0 Å². The fourth-order valence-electron chi connectivity index (χ4n) is 2.98. The minimum Gasteiger partial charge on any atom is -0.480 e. The number of nitrogens with one attached hydrogen (secondary N) is 1. The standard InChI is InChI=1S/C20H20BrClN2O3/c1-20(2,3)10-23-11-4-5-12-15(8-11)24(9-16(25)26)18-13(19(12)27)6-7-14(22)17(18)21/h4-8,23H,9-10H2,1-3H3,(H,25,26). The second-order valence-electron chi connectivity index (χ2n) is 7.71. The molecule has 0 fully saturated rings. The van der Waals surface area contributed by atoms with Crippen molar-refractivity contribution in [1.29, 1.82) is 0 Å². The Labute approximate surface area is 170 Å². The molecule has 2 aromatic carbocycles. The molecule has 0 bridgehead atoms. The van der Waals surface area contributed by atoms with E-state index in [1.165, 1.54) is 0 Å². The molecule has 0 amide bonds. The maximum Gasteiger partial charge on any atom is 0.323 e. The van der Waals surface area contributed by atoms with Gasteiger partial charge in [0, 0.05) is 23.0 Å². The van der Waals surface area contributed by atoms with E-state index < -0.39 is 5.97 Å². The van der Waals surface area contributed by atoms with Crippen LogP contribution in [-0.4, -0.2) is 22.2 Å². The van der Waals surface area contributed by atoms with Crippen LogP contribution in [-0.2, 0) is 11.3 Å². The number of rotatable bonds is 4. The number of anilines is 1. The van der Waals surface area contributed by atoms with E-state index in [9.17, 15) is 14.7 Å². The van der Waals surface area contributed by atoms with E-state index in [0.29, 0.717) is 31.3 Å². The van der Waals surface area contributed by atoms with Crippen LogP contribution in [0.2, 0.25) is 5.02 Å². The van der Waals surface area contributed by atoms with Crippen molar-refractivity contribution in [1.82, 2.24) is 4.57 Å². The van der Waals surface area contributed by atoms with Crippen molar-refractivity contribution >= 4 is 61.0 Å². The Hall–Kier alpha value is -2.05. The van der Waals surface area contributed by atoms with Gasteiger partial charge in [0.1, 0.15) is 6.54 Å². The highest BCUT2D eigenvalue weighted by molar-refractivity contribution is 9.10. The van der Waals surface area contributed by atoms with E-state index in [-0.39, 0.29) is 17.4 Å². The molecule has 1 heterocycles. The summed E-state index contributed by atoms with van der Waals surface area (Å²) in [4.78, 5) is 24.5. The number of carbonyl (C=O) groups is 1. The third kappa shape index (κ3) is 3.96. The average Bonchev–Trinajstić information content (AvgIpc) is 2.58. The van der Waals surface area contributed by atoms with Gasteiger partial charge in [0.05, 0.1) is 20.5 Å². The Morgan fingerprint density at radius 2 is 1.89 bits per heavy atom. The molecule has 0 spiro atoms. The highest BCUT2D eigenvalue weighted by atomic mass is 79.9. The molecule has 0 aliphatic carbocycles. The molecular weight excluding hydrogens is 432 g/mol. The zero-order valence-electron chi connectivity index (χ0n) is 15.3. The van der Waals surface area contributed by atoms with Crippen molar-refractivity contribution in [2.75, 3.05) is 11.9 Å². The molecule has 27 heavy (non-hydrogen) atoms. The number of aliphatic carboxylic acids is 1. The van der Waals surface area contributed by atoms with Crippen LogP contribution < -0.4 is 10.7 Å². The minimum absolute atomic E-state index is 0.0790. The van der Waals surface area contributed by atoms with Gasteiger partial charge in [-0.2, -0.15) is 0 Å². The quantitative estimate of drug-likeness (QED) is 0.541. The van der Waals surface area contributed by atoms with Gasteiger partial charge in [0.2, 0.25) is 0 Å². The summed E-state index contributed by atoms with van der Waals surface area (Å²) >= 11 is 9.63. The highest BCUT2D eigenvalue weighted by Crippen LogP contribution is 2.32. The first-order valence-electron chi connectivity index (χ1n) is 8.48. The van der Waals surface area contributed by atoms with E-state index in [1.54, 1.807) is 22.8 Å². The average molecular weight is 452 g/mol. The van der Waals surface area contributed by atoms with Crippen LogP contribution in [0.15, 0.2) is 39.6 Å². The summed E-state index contributed by atoms with van der Waals surface area (Å²) in [7, 11) is 0. The van der Waals surface area contributed by atoms with Gasteiger partial charge in [0.15, 0.2) is 5.43 Å². The summed E-state index contributed by atoms with van der Waals surface area (Å²) in [6.45, 7) is 6.82. The van der Waals surface area contributed by atoms with Gasteiger partial charge < -0.3 is 15.0 Å². The monoisotopic (exact) mass is 450 g/mol. The summed E-state index contributed by atoms with van der Waals surface area (Å²) in [5.74, 6) is -0.999. The number of fused-ring (bicyclic) bond motifs is 2. The zero-order chi connectivity index (χ0) is 19.9. The first-order valence-corrected chi connectivity index (χ1v) is 9.65. The Kier molecular flexibility index (Phi) is 5.23. The van der Waals surface area contributed by atoms with E-state index in [1.807, 2.05) is 12.1 Å². The predicted molar refractivity (Wildman–Crippen MR) is 114 cm³/mol. The Balaban J connectivity index is 2.34. The topological polar surface area (TPSA) is 71.3 Å². The lowest BCUT2D eigenvalue weighted by atomic mass is 9.97. The van der Waals surface area contributed by atoms with Gasteiger partial charge in [-0.15, -0.1) is 0 Å². The van der Waals surface area contributed by atoms with E-state index in [4.69, 9.17) is 11.6 Å². The number of hydrogen-bond acceptors (Lipinski definition) is 3. The zero-order valence-corrected chi connectivity index (χ0v) is 17.6. The van der Waals surface area contributed by atoms with Crippen LogP contribution in [0.25, 0.3) is 21.8 Å². The molecule has 0 saturated carbocycles. The summed E-state index contributed by atoms with van der Waals surface area (Å²) in [5.41, 5.74) is 1.79. The van der Waals surface area contributed by atoms with Crippen molar-refractivity contribution in [2.24, 2.45) is 5.41 Å². The van der Waals surface area contributed by atoms with Crippen LogP contribution in [0.5, 0.6) is 0 Å². The number of aromatic nitrogens is 1. The SMILES string of the molecule is CC(C)(C)CNc1ccc2c(=O)c3ccc(Cl)c(Br)c3n(CC(=O)O)c2c1. The molecule has 0 saturated heterocycles. The van der Waals surface area contributed by atoms with Crippen LogP contribution >= 0.6 is 27.5 Å². The molecular formula is C20H20BrClN2O3. The molecule has 3 rings (SSSR count). The highest BCUT2D eigenvalue weighted by Gasteiger charge is 2.17. The fourth-order valence-corrected chi connectivity index (χ4v) is 3.69. The number of pyridine rings is 1. The first-order chi connectivity index (χ1) is 12.6. The molecule has 0 aliphatic heterocycles. The smallest absolute Gasteiger partial charge is 0.323 e. The Morgan fingerprint density at radius 3 is 2.52 bits per heavy atom. The molecule has 142 valence electrons. The molecule has 3 aromatic rings. The lowest BCUT2D eigenvalue weighted by molar-refractivity contribution is -0.137. The minimum atomic E-state index is -0.999. The molecule has 0 aliphatic rings. The number of hydrogen-bond donors (Lipinski definition) is 2. The molecule has 1 aromatic heterocycles. The van der Waals surface area contributed by atoms with Gasteiger partial charge in [-0.1, -0.05) is 32.4 Å². The molecule has 7 heteroatoms. The van der Waals surface area contributed by atoms with Gasteiger partial charge >= 0.3 is 5.97 Å². The predicted octanol–water partition coefficient (Wildman–Crippen LogP) is 5.11. The molecule has 5 nitrogen and oxygen atoms in total. The van der Waals surface area contributed by atoms with Crippen molar-refractivity contribution in [3.05, 3.63) is 50.1 Å². The summed E-state index contributed by atoms with van der Waals surface area (Å²) in [6, 6.07) is 8.67. The largest absolute Gasteiger partial charge is 0.480 e. The third-order valence-corrected chi connectivity index (χ3v) is 5.58. The molecule has 0 unspecified atom stereocenters. The van der Waals surface area contributed by atoms with E-state index >= 15 is 0 Å². The van der Waals surface area contributed by atoms with Crippen LogP contribution in [0.1, 0.15) is 20.8 Å². The maximum absolute atomic E-state index is 13.0. The number of nitrogens with zero attached hydrogens (tertiary/aromatic N) is 1. The number of halogens is 2. The summed E-state index contributed by atoms with van der Waals surface area (Å²) in [5, 5.41) is 14.1. The van der Waals surface area contributed by atoms with Gasteiger partial charge in [-0.3, -0.25) is 9.59 Å². The van der Waals surface area contributed by atoms with Crippen molar-refractivity contribution in [2.45, 2.75) is 27.3 Å². The van der Waals surface area contributed by atoms with Crippen molar-refractivity contribution < 1.29 is 9.90 Å². The van der Waals surface area contributed by atoms with E-state index in [0.717, 1.165) is 12.2 Å². The molecule has 2 N–H and O–H groups in total. The van der Waals surface area contributed by atoms with Crippen LogP contribution in [0.3, 0.4) is 0 Å². The number of carboxylic acids is 1.